The molecule has 3 heterocycles. The van der Waals surface area contributed by atoms with Gasteiger partial charge in [0.25, 0.3) is 11.8 Å². The van der Waals surface area contributed by atoms with Crippen LogP contribution in [-0.2, 0) is 20.7 Å². The first-order valence-electron chi connectivity index (χ1n) is 13.4. The van der Waals surface area contributed by atoms with E-state index in [4.69, 9.17) is 4.74 Å². The van der Waals surface area contributed by atoms with E-state index in [2.05, 4.69) is 17.0 Å². The molecule has 0 spiro atoms. The lowest BCUT2D eigenvalue weighted by atomic mass is 9.76. The Kier molecular flexibility index (Phi) is 7.93. The quantitative estimate of drug-likeness (QED) is 0.407. The van der Waals surface area contributed by atoms with Crippen LogP contribution in [0.15, 0.2) is 59.1 Å². The first-order chi connectivity index (χ1) is 18.1. The van der Waals surface area contributed by atoms with Crippen LogP contribution in [0.25, 0.3) is 0 Å². The predicted molar refractivity (Wildman–Crippen MR) is 143 cm³/mol. The fourth-order valence-electron chi connectivity index (χ4n) is 6.05. The molecule has 0 N–H and O–H groups in total. The summed E-state index contributed by atoms with van der Waals surface area (Å²) < 4.78 is 5.44. The predicted octanol–water partition coefficient (Wildman–Crippen LogP) is 3.97. The second kappa shape index (κ2) is 11.5. The van der Waals surface area contributed by atoms with Gasteiger partial charge in [-0.15, -0.1) is 11.3 Å². The van der Waals surface area contributed by atoms with Crippen molar-refractivity contribution >= 4 is 29.1 Å². The van der Waals surface area contributed by atoms with Crippen molar-refractivity contribution in [1.29, 1.82) is 0 Å². The third-order valence-corrected chi connectivity index (χ3v) is 8.67. The van der Waals surface area contributed by atoms with Gasteiger partial charge in [-0.2, -0.15) is 0 Å². The average molecular weight is 522 g/mol. The van der Waals surface area contributed by atoms with E-state index in [1.54, 1.807) is 6.92 Å². The van der Waals surface area contributed by atoms with Crippen LogP contribution >= 0.6 is 11.3 Å². The Balaban J connectivity index is 1.42. The van der Waals surface area contributed by atoms with Crippen molar-refractivity contribution in [2.45, 2.75) is 45.1 Å². The summed E-state index contributed by atoms with van der Waals surface area (Å²) >= 11 is 1.46. The molecule has 1 saturated heterocycles. The molecule has 2 unspecified atom stereocenters. The molecule has 2 aliphatic heterocycles. The molecule has 7 nitrogen and oxygen atoms in total. The molecule has 1 aromatic heterocycles. The number of hydrogen-bond donors (Lipinski definition) is 0. The molecule has 1 aliphatic carbocycles. The Morgan fingerprint density at radius 2 is 1.76 bits per heavy atom. The number of esters is 1. The van der Waals surface area contributed by atoms with Crippen LogP contribution in [0.2, 0.25) is 0 Å². The fourth-order valence-corrected chi connectivity index (χ4v) is 6.74. The lowest BCUT2D eigenvalue weighted by Gasteiger charge is -2.49. The van der Waals surface area contributed by atoms with Crippen LogP contribution < -0.4 is 0 Å². The molecule has 1 aromatic carbocycles. The summed E-state index contributed by atoms with van der Waals surface area (Å²) in [5.74, 6) is -0.560. The van der Waals surface area contributed by atoms with Crippen molar-refractivity contribution in [3.8, 4) is 0 Å². The van der Waals surface area contributed by atoms with E-state index in [1.807, 2.05) is 45.5 Å². The van der Waals surface area contributed by atoms with Gasteiger partial charge in [-0.05, 0) is 43.2 Å². The summed E-state index contributed by atoms with van der Waals surface area (Å²) in [5.41, 5.74) is 2.24. The second-order valence-electron chi connectivity index (χ2n) is 9.93. The molecule has 2 fully saturated rings. The van der Waals surface area contributed by atoms with Crippen LogP contribution in [0.1, 0.15) is 47.8 Å². The number of benzene rings is 1. The monoisotopic (exact) mass is 521 g/mol. The van der Waals surface area contributed by atoms with Crippen LogP contribution in [0, 0.1) is 5.92 Å². The van der Waals surface area contributed by atoms with Crippen LogP contribution in [0.3, 0.4) is 0 Å². The van der Waals surface area contributed by atoms with Gasteiger partial charge in [0.05, 0.1) is 11.5 Å². The zero-order chi connectivity index (χ0) is 25.8. The Labute approximate surface area is 222 Å². The normalized spacial score (nSPS) is 22.2. The molecule has 0 radical (unpaired) electrons. The highest BCUT2D eigenvalue weighted by Gasteiger charge is 2.47. The van der Waals surface area contributed by atoms with Gasteiger partial charge in [-0.25, -0.2) is 4.79 Å². The maximum absolute atomic E-state index is 14.0. The van der Waals surface area contributed by atoms with Crippen molar-refractivity contribution < 1.29 is 19.1 Å². The molecular weight excluding hydrogens is 486 g/mol. The van der Waals surface area contributed by atoms with Gasteiger partial charge >= 0.3 is 5.97 Å². The Morgan fingerprint density at radius 3 is 2.46 bits per heavy atom. The summed E-state index contributed by atoms with van der Waals surface area (Å²) in [5, 5.41) is 1.92. The van der Waals surface area contributed by atoms with E-state index in [1.165, 1.54) is 16.9 Å². The van der Waals surface area contributed by atoms with Gasteiger partial charge in [0.2, 0.25) is 0 Å². The highest BCUT2D eigenvalue weighted by Crippen LogP contribution is 2.41. The van der Waals surface area contributed by atoms with Gasteiger partial charge in [-0.1, -0.05) is 49.2 Å². The molecular formula is C29H35N3O4S. The summed E-state index contributed by atoms with van der Waals surface area (Å²) in [6, 6.07) is 14.0. The molecule has 2 aromatic rings. The van der Waals surface area contributed by atoms with Crippen molar-refractivity contribution in [3.05, 3.63) is 69.6 Å². The maximum atomic E-state index is 14.0. The number of rotatable bonds is 7. The van der Waals surface area contributed by atoms with Gasteiger partial charge in [0.15, 0.2) is 0 Å². The van der Waals surface area contributed by atoms with Crippen molar-refractivity contribution in [3.63, 3.8) is 0 Å². The summed E-state index contributed by atoms with van der Waals surface area (Å²) in [6.45, 7) is 4.94. The van der Waals surface area contributed by atoms with Crippen molar-refractivity contribution in [2.24, 2.45) is 5.92 Å². The largest absolute Gasteiger partial charge is 0.462 e. The van der Waals surface area contributed by atoms with Crippen molar-refractivity contribution in [1.82, 2.24) is 14.7 Å². The van der Waals surface area contributed by atoms with E-state index in [0.717, 1.165) is 42.7 Å². The van der Waals surface area contributed by atoms with Gasteiger partial charge in [0, 0.05) is 50.4 Å². The second-order valence-corrected chi connectivity index (χ2v) is 10.9. The fraction of sp³-hybridized carbons (Fsp3) is 0.483. The lowest BCUT2D eigenvalue weighted by Crippen LogP contribution is -2.57. The van der Waals surface area contributed by atoms with Crippen molar-refractivity contribution in [2.75, 3.05) is 39.3 Å². The number of nitrogens with zero attached hydrogens (tertiary/aromatic N) is 3. The third kappa shape index (κ3) is 5.30. The Hall–Kier alpha value is -3.13. The molecule has 2 amide bonds. The Morgan fingerprint density at radius 1 is 1.00 bits per heavy atom. The molecule has 0 bridgehead atoms. The zero-order valence-corrected chi connectivity index (χ0v) is 22.3. The van der Waals surface area contributed by atoms with Crippen LogP contribution in [0.5, 0.6) is 0 Å². The topological polar surface area (TPSA) is 70.2 Å². The van der Waals surface area contributed by atoms with E-state index >= 15 is 0 Å². The van der Waals surface area contributed by atoms with E-state index < -0.39 is 5.97 Å². The van der Waals surface area contributed by atoms with E-state index in [9.17, 15) is 14.4 Å². The third-order valence-electron chi connectivity index (χ3n) is 7.82. The van der Waals surface area contributed by atoms with Gasteiger partial charge in [0.1, 0.15) is 5.57 Å². The minimum Gasteiger partial charge on any atom is -0.462 e. The Bertz CT molecular complexity index is 1140. The summed E-state index contributed by atoms with van der Waals surface area (Å²) in [6.07, 6.45) is 4.82. The van der Waals surface area contributed by atoms with Gasteiger partial charge in [-0.3, -0.25) is 9.59 Å². The van der Waals surface area contributed by atoms with Crippen LogP contribution in [-0.4, -0.2) is 77.9 Å². The molecule has 3 aliphatic rings. The summed E-state index contributed by atoms with van der Waals surface area (Å²) in [4.78, 5) is 46.9. The highest BCUT2D eigenvalue weighted by molar-refractivity contribution is 7.12. The first-order valence-corrected chi connectivity index (χ1v) is 14.3. The number of hydrogen-bond acceptors (Lipinski definition) is 6. The molecule has 5 rings (SSSR count). The lowest BCUT2D eigenvalue weighted by molar-refractivity contribution is -0.145. The number of fused-ring (bicyclic) bond motifs is 1. The van der Waals surface area contributed by atoms with E-state index in [-0.39, 0.29) is 36.0 Å². The molecule has 8 heteroatoms. The highest BCUT2D eigenvalue weighted by atomic mass is 32.1. The minimum atomic E-state index is -0.520. The maximum Gasteiger partial charge on any atom is 0.345 e. The number of ether oxygens (including phenoxy) is 1. The minimum absolute atomic E-state index is 0.0524. The first kappa shape index (κ1) is 25.5. The number of carbonyl (C=O) groups excluding carboxylic acids is 3. The van der Waals surface area contributed by atoms with Gasteiger partial charge < -0.3 is 19.4 Å². The number of thiophene rings is 1. The molecule has 1 saturated carbocycles. The molecule has 37 heavy (non-hydrogen) atoms. The average Bonchev–Trinajstić information content (AvgIpc) is 3.47. The standard InChI is InChI=1S/C29H35N3O4S/c1-2-36-29(35)25-26(30-16-18-31(19-17-30)27(33)24-13-8-20-37-24)22-11-6-7-12-23(22)32(28(25)34)15-14-21-9-4-3-5-10-21/h3-5,8-10,13,20,22-23H,2,6-7,11-12,14-19H2,1H3. The SMILES string of the molecule is CCOC(=O)C1=C(N2CCN(C(=O)c3cccs3)CC2)C2CCCCC2N(CCc2ccccc2)C1=O. The zero-order valence-electron chi connectivity index (χ0n) is 21.4. The smallest absolute Gasteiger partial charge is 0.345 e. The number of piperazine rings is 1. The van der Waals surface area contributed by atoms with E-state index in [0.29, 0.717) is 32.7 Å². The molecule has 196 valence electrons. The summed E-state index contributed by atoms with van der Waals surface area (Å²) in [7, 11) is 0. The number of carbonyl (C=O) groups is 3. The number of amides is 2. The van der Waals surface area contributed by atoms with Crippen LogP contribution in [0.4, 0.5) is 0 Å². The molecule has 2 atom stereocenters.